The number of fused-ring (bicyclic) bond motifs is 1. The minimum atomic E-state index is -0.0186. The standard InChI is InChI=1S/C11H9NO3S/c13-4-11-12-8(5-16-11)7-1-2-9-10(3-7)15-6-14-9/h1-3,5,13H,4,6H2. The van der Waals surface area contributed by atoms with Crippen molar-refractivity contribution in [2.45, 2.75) is 6.61 Å². The van der Waals surface area contributed by atoms with Gasteiger partial charge in [-0.3, -0.25) is 0 Å². The van der Waals surface area contributed by atoms with Gasteiger partial charge in [0.1, 0.15) is 5.01 Å². The van der Waals surface area contributed by atoms with Crippen LogP contribution >= 0.6 is 11.3 Å². The van der Waals surface area contributed by atoms with Crippen molar-refractivity contribution in [1.82, 2.24) is 4.98 Å². The fourth-order valence-electron chi connectivity index (χ4n) is 1.57. The van der Waals surface area contributed by atoms with E-state index in [9.17, 15) is 0 Å². The molecule has 5 heteroatoms. The Labute approximate surface area is 96.1 Å². The van der Waals surface area contributed by atoms with Crippen LogP contribution in [0.15, 0.2) is 23.6 Å². The lowest BCUT2D eigenvalue weighted by atomic mass is 10.1. The Hall–Kier alpha value is -1.59. The molecule has 3 rings (SSSR count). The molecular weight excluding hydrogens is 226 g/mol. The second kappa shape index (κ2) is 3.77. The molecule has 1 aliphatic heterocycles. The molecule has 0 amide bonds. The first-order valence-corrected chi connectivity index (χ1v) is 5.70. The average molecular weight is 235 g/mol. The van der Waals surface area contributed by atoms with Gasteiger partial charge in [-0.15, -0.1) is 11.3 Å². The first-order chi connectivity index (χ1) is 7.86. The Bertz CT molecular complexity index is 524. The van der Waals surface area contributed by atoms with Crippen molar-refractivity contribution in [3.8, 4) is 22.8 Å². The van der Waals surface area contributed by atoms with E-state index in [1.165, 1.54) is 11.3 Å². The van der Waals surface area contributed by atoms with Crippen molar-refractivity contribution < 1.29 is 14.6 Å². The van der Waals surface area contributed by atoms with Gasteiger partial charge in [0.25, 0.3) is 0 Å². The Balaban J connectivity index is 2.00. The van der Waals surface area contributed by atoms with Crippen LogP contribution in [0.2, 0.25) is 0 Å². The average Bonchev–Trinajstić information content (AvgIpc) is 2.96. The lowest BCUT2D eigenvalue weighted by Gasteiger charge is -1.99. The zero-order valence-corrected chi connectivity index (χ0v) is 9.16. The summed E-state index contributed by atoms with van der Waals surface area (Å²) >= 11 is 1.44. The van der Waals surface area contributed by atoms with Crippen LogP contribution in [0.3, 0.4) is 0 Å². The zero-order valence-electron chi connectivity index (χ0n) is 8.34. The van der Waals surface area contributed by atoms with Crippen LogP contribution in [0.1, 0.15) is 5.01 Å². The fraction of sp³-hybridized carbons (Fsp3) is 0.182. The maximum absolute atomic E-state index is 8.96. The molecule has 0 bridgehead atoms. The molecule has 4 nitrogen and oxygen atoms in total. The summed E-state index contributed by atoms with van der Waals surface area (Å²) in [5, 5.41) is 11.6. The largest absolute Gasteiger partial charge is 0.454 e. The molecule has 16 heavy (non-hydrogen) atoms. The lowest BCUT2D eigenvalue weighted by molar-refractivity contribution is 0.174. The highest BCUT2D eigenvalue weighted by molar-refractivity contribution is 7.09. The number of nitrogens with zero attached hydrogens (tertiary/aromatic N) is 1. The molecule has 0 fully saturated rings. The minimum absolute atomic E-state index is 0.0186. The quantitative estimate of drug-likeness (QED) is 0.865. The molecule has 2 heterocycles. The first kappa shape index (κ1) is 9.62. The van der Waals surface area contributed by atoms with Crippen LogP contribution in [0, 0.1) is 0 Å². The second-order valence-electron chi connectivity index (χ2n) is 3.35. The first-order valence-electron chi connectivity index (χ1n) is 4.82. The Morgan fingerprint density at radius 3 is 3.00 bits per heavy atom. The molecule has 1 aliphatic rings. The van der Waals surface area contributed by atoms with E-state index in [1.807, 2.05) is 23.6 Å². The molecule has 0 unspecified atom stereocenters. The van der Waals surface area contributed by atoms with E-state index in [2.05, 4.69) is 4.98 Å². The minimum Gasteiger partial charge on any atom is -0.454 e. The summed E-state index contributed by atoms with van der Waals surface area (Å²) in [7, 11) is 0. The van der Waals surface area contributed by atoms with Crippen LogP contribution in [0.25, 0.3) is 11.3 Å². The van der Waals surface area contributed by atoms with Gasteiger partial charge in [0.05, 0.1) is 12.3 Å². The summed E-state index contributed by atoms with van der Waals surface area (Å²) in [5.41, 5.74) is 1.83. The van der Waals surface area contributed by atoms with Gasteiger partial charge in [0.2, 0.25) is 6.79 Å². The van der Waals surface area contributed by atoms with E-state index in [1.54, 1.807) is 0 Å². The normalized spacial score (nSPS) is 13.1. The van der Waals surface area contributed by atoms with Gasteiger partial charge >= 0.3 is 0 Å². The lowest BCUT2D eigenvalue weighted by Crippen LogP contribution is -1.92. The number of aliphatic hydroxyl groups excluding tert-OH is 1. The van der Waals surface area contributed by atoms with Gasteiger partial charge in [0, 0.05) is 10.9 Å². The van der Waals surface area contributed by atoms with Gasteiger partial charge in [-0.1, -0.05) is 0 Å². The predicted molar refractivity (Wildman–Crippen MR) is 59.6 cm³/mol. The fourth-order valence-corrected chi connectivity index (χ4v) is 2.23. The van der Waals surface area contributed by atoms with E-state index in [0.717, 1.165) is 22.8 Å². The predicted octanol–water partition coefficient (Wildman–Crippen LogP) is 2.03. The van der Waals surface area contributed by atoms with E-state index in [-0.39, 0.29) is 13.4 Å². The maximum Gasteiger partial charge on any atom is 0.231 e. The van der Waals surface area contributed by atoms with Crippen molar-refractivity contribution in [1.29, 1.82) is 0 Å². The number of hydrogen-bond acceptors (Lipinski definition) is 5. The topological polar surface area (TPSA) is 51.6 Å². The Kier molecular flexibility index (Phi) is 2.27. The third kappa shape index (κ3) is 1.54. The van der Waals surface area contributed by atoms with Crippen LogP contribution in [-0.2, 0) is 6.61 Å². The second-order valence-corrected chi connectivity index (χ2v) is 4.30. The van der Waals surface area contributed by atoms with Crippen LogP contribution < -0.4 is 9.47 Å². The third-order valence-corrected chi connectivity index (χ3v) is 3.19. The Morgan fingerprint density at radius 2 is 2.19 bits per heavy atom. The summed E-state index contributed by atoms with van der Waals surface area (Å²) in [6, 6.07) is 5.71. The van der Waals surface area contributed by atoms with Crippen LogP contribution in [0.5, 0.6) is 11.5 Å². The summed E-state index contributed by atoms with van der Waals surface area (Å²) in [5.74, 6) is 1.51. The molecule has 0 spiro atoms. The van der Waals surface area contributed by atoms with Crippen molar-refractivity contribution in [3.05, 3.63) is 28.6 Å². The van der Waals surface area contributed by atoms with E-state index < -0.39 is 0 Å². The summed E-state index contributed by atoms with van der Waals surface area (Å²) in [4.78, 5) is 4.30. The molecular formula is C11H9NO3S. The highest BCUT2D eigenvalue weighted by atomic mass is 32.1. The number of thiazole rings is 1. The highest BCUT2D eigenvalue weighted by Crippen LogP contribution is 2.35. The number of ether oxygens (including phenoxy) is 2. The smallest absolute Gasteiger partial charge is 0.231 e. The molecule has 1 N–H and O–H groups in total. The van der Waals surface area contributed by atoms with E-state index >= 15 is 0 Å². The molecule has 0 radical (unpaired) electrons. The molecule has 0 aliphatic carbocycles. The SMILES string of the molecule is OCc1nc(-c2ccc3c(c2)OCO3)cs1. The van der Waals surface area contributed by atoms with Crippen LogP contribution in [0.4, 0.5) is 0 Å². The van der Waals surface area contributed by atoms with Gasteiger partial charge in [-0.2, -0.15) is 0 Å². The Morgan fingerprint density at radius 1 is 1.31 bits per heavy atom. The van der Waals surface area contributed by atoms with E-state index in [0.29, 0.717) is 5.01 Å². The highest BCUT2D eigenvalue weighted by Gasteiger charge is 2.14. The molecule has 2 aromatic rings. The van der Waals surface area contributed by atoms with Crippen molar-refractivity contribution in [2.75, 3.05) is 6.79 Å². The maximum atomic E-state index is 8.96. The van der Waals surface area contributed by atoms with Crippen molar-refractivity contribution in [3.63, 3.8) is 0 Å². The van der Waals surface area contributed by atoms with E-state index in [4.69, 9.17) is 14.6 Å². The number of rotatable bonds is 2. The molecule has 0 saturated carbocycles. The molecule has 1 aromatic heterocycles. The number of hydrogen-bond donors (Lipinski definition) is 1. The van der Waals surface area contributed by atoms with Gasteiger partial charge < -0.3 is 14.6 Å². The number of aliphatic hydroxyl groups is 1. The molecule has 82 valence electrons. The van der Waals surface area contributed by atoms with Crippen LogP contribution in [-0.4, -0.2) is 16.9 Å². The van der Waals surface area contributed by atoms with Gasteiger partial charge in [-0.25, -0.2) is 4.98 Å². The van der Waals surface area contributed by atoms with Gasteiger partial charge in [-0.05, 0) is 18.2 Å². The van der Waals surface area contributed by atoms with Gasteiger partial charge in [0.15, 0.2) is 11.5 Å². The number of aromatic nitrogens is 1. The molecule has 1 aromatic carbocycles. The monoisotopic (exact) mass is 235 g/mol. The molecule has 0 atom stereocenters. The summed E-state index contributed by atoms with van der Waals surface area (Å²) in [6.45, 7) is 0.257. The third-order valence-electron chi connectivity index (χ3n) is 2.36. The van der Waals surface area contributed by atoms with Crippen molar-refractivity contribution >= 4 is 11.3 Å². The summed E-state index contributed by atoms with van der Waals surface area (Å²) < 4.78 is 10.5. The molecule has 0 saturated heterocycles. The summed E-state index contributed by atoms with van der Waals surface area (Å²) in [6.07, 6.45) is 0. The van der Waals surface area contributed by atoms with Crippen molar-refractivity contribution in [2.24, 2.45) is 0 Å². The zero-order chi connectivity index (χ0) is 11.0. The number of benzene rings is 1.